The van der Waals surface area contributed by atoms with Crippen LogP contribution >= 0.6 is 0 Å². The first-order valence-electron chi connectivity index (χ1n) is 9.98. The predicted molar refractivity (Wildman–Crippen MR) is 120 cm³/mol. The molecule has 0 atom stereocenters. The molecule has 2 N–H and O–H groups in total. The van der Waals surface area contributed by atoms with Crippen molar-refractivity contribution in [2.75, 3.05) is 6.61 Å². The number of esters is 1. The Morgan fingerprint density at radius 1 is 0.871 bits per heavy atom. The predicted octanol–water partition coefficient (Wildman–Crippen LogP) is 5.28. The van der Waals surface area contributed by atoms with Crippen molar-refractivity contribution in [1.82, 2.24) is 4.98 Å². The average Bonchev–Trinajstić information content (AvgIpc) is 3.17. The Hall–Kier alpha value is -4.12. The molecular weight excluding hydrogens is 390 g/mol. The van der Waals surface area contributed by atoms with Crippen LogP contribution in [0.5, 0.6) is 0 Å². The number of hydrogen-bond donors (Lipinski definition) is 2. The van der Waals surface area contributed by atoms with Crippen molar-refractivity contribution in [3.8, 4) is 11.3 Å². The lowest BCUT2D eigenvalue weighted by molar-refractivity contribution is -0.143. The summed E-state index contributed by atoms with van der Waals surface area (Å²) in [6, 6.07) is 26.4. The Labute approximate surface area is 179 Å². The Morgan fingerprint density at radius 2 is 1.48 bits per heavy atom. The third-order valence-corrected chi connectivity index (χ3v) is 5.02. The summed E-state index contributed by atoms with van der Waals surface area (Å²) in [6.07, 6.45) is 0. The minimum Gasteiger partial charge on any atom is -0.477 e. The molecule has 0 fully saturated rings. The van der Waals surface area contributed by atoms with Crippen LogP contribution in [0.1, 0.15) is 18.1 Å². The van der Waals surface area contributed by atoms with Crippen LogP contribution in [-0.4, -0.2) is 28.6 Å². The van der Waals surface area contributed by atoms with Crippen molar-refractivity contribution in [1.29, 1.82) is 0 Å². The molecule has 4 rings (SSSR count). The highest BCUT2D eigenvalue weighted by molar-refractivity contribution is 6.23. The van der Waals surface area contributed by atoms with E-state index < -0.39 is 17.5 Å². The number of para-hydroxylation sites is 1. The molecule has 0 aliphatic heterocycles. The molecule has 0 saturated heterocycles. The molecule has 5 heteroatoms. The lowest BCUT2D eigenvalue weighted by Gasteiger charge is -2.15. The molecule has 1 heterocycles. The van der Waals surface area contributed by atoms with Gasteiger partial charge in [0.15, 0.2) is 5.57 Å². The maximum absolute atomic E-state index is 12.8. The van der Waals surface area contributed by atoms with E-state index in [0.717, 1.165) is 22.2 Å². The van der Waals surface area contributed by atoms with E-state index in [1.54, 1.807) is 19.1 Å². The zero-order valence-corrected chi connectivity index (χ0v) is 17.0. The lowest BCUT2D eigenvalue weighted by atomic mass is 9.89. The molecule has 4 aromatic rings. The van der Waals surface area contributed by atoms with E-state index in [2.05, 4.69) is 4.98 Å². The number of nitrogens with one attached hydrogen (secondary N) is 1. The normalized spacial score (nSPS) is 11.8. The van der Waals surface area contributed by atoms with Crippen LogP contribution in [-0.2, 0) is 14.3 Å². The van der Waals surface area contributed by atoms with Gasteiger partial charge in [-0.3, -0.25) is 0 Å². The zero-order chi connectivity index (χ0) is 21.8. The number of ether oxygens (including phenoxy) is 1. The first kappa shape index (κ1) is 20.2. The van der Waals surface area contributed by atoms with Crippen molar-refractivity contribution < 1.29 is 19.4 Å². The fraction of sp³-hybridized carbons (Fsp3) is 0.0769. The highest BCUT2D eigenvalue weighted by Gasteiger charge is 2.29. The van der Waals surface area contributed by atoms with E-state index in [9.17, 15) is 14.7 Å². The van der Waals surface area contributed by atoms with Crippen molar-refractivity contribution in [3.05, 3.63) is 102 Å². The number of carboxylic acids is 1. The molecule has 0 bridgehead atoms. The number of hydrogen-bond acceptors (Lipinski definition) is 3. The molecule has 0 amide bonds. The molecule has 3 aromatic carbocycles. The van der Waals surface area contributed by atoms with Gasteiger partial charge >= 0.3 is 11.9 Å². The number of H-pyrrole nitrogens is 1. The van der Waals surface area contributed by atoms with Crippen molar-refractivity contribution in [3.63, 3.8) is 0 Å². The third-order valence-electron chi connectivity index (χ3n) is 5.02. The molecule has 5 nitrogen and oxygen atoms in total. The van der Waals surface area contributed by atoms with Crippen LogP contribution in [0.2, 0.25) is 0 Å². The molecule has 0 spiro atoms. The maximum Gasteiger partial charge on any atom is 0.346 e. The number of aliphatic carboxylic acids is 1. The Balaban J connectivity index is 2.16. The number of carboxylic acid groups (broad SMARTS) is 1. The summed E-state index contributed by atoms with van der Waals surface area (Å²) in [6.45, 7) is 1.73. The highest BCUT2D eigenvalue weighted by atomic mass is 16.5. The van der Waals surface area contributed by atoms with Gasteiger partial charge in [-0.05, 0) is 24.1 Å². The Morgan fingerprint density at radius 3 is 2.13 bits per heavy atom. The summed E-state index contributed by atoms with van der Waals surface area (Å²) in [5, 5.41) is 10.9. The molecule has 1 aromatic heterocycles. The van der Waals surface area contributed by atoms with E-state index in [0.29, 0.717) is 16.7 Å². The first-order valence-corrected chi connectivity index (χ1v) is 9.98. The largest absolute Gasteiger partial charge is 0.477 e. The van der Waals surface area contributed by atoms with Crippen LogP contribution in [0.15, 0.2) is 90.5 Å². The first-order chi connectivity index (χ1) is 15.1. The summed E-state index contributed by atoms with van der Waals surface area (Å²) in [4.78, 5) is 28.6. The standard InChI is InChI=1S/C26H21NO4/c1-2-31-26(30)23(25(28)29)21(17-11-5-3-6-12-17)22-19-15-9-10-16-20(19)27-24(22)18-13-7-4-8-14-18/h3-16,27H,2H2,1H3,(H,28,29)/b23-21+. The number of rotatable bonds is 6. The van der Waals surface area contributed by atoms with Gasteiger partial charge in [0.1, 0.15) is 0 Å². The quantitative estimate of drug-likeness (QED) is 0.196. The number of carbonyl (C=O) groups is 2. The maximum atomic E-state index is 12.8. The monoisotopic (exact) mass is 411 g/mol. The second-order valence-corrected chi connectivity index (χ2v) is 6.93. The van der Waals surface area contributed by atoms with Gasteiger partial charge in [-0.25, -0.2) is 9.59 Å². The summed E-state index contributed by atoms with van der Waals surface area (Å²) in [5.41, 5.74) is 3.67. The van der Waals surface area contributed by atoms with Crippen molar-refractivity contribution in [2.24, 2.45) is 0 Å². The van der Waals surface area contributed by atoms with E-state index in [4.69, 9.17) is 4.74 Å². The number of carbonyl (C=O) groups excluding carboxylic acids is 1. The van der Waals surface area contributed by atoms with Crippen molar-refractivity contribution in [2.45, 2.75) is 6.92 Å². The summed E-state index contributed by atoms with van der Waals surface area (Å²) >= 11 is 0. The summed E-state index contributed by atoms with van der Waals surface area (Å²) < 4.78 is 5.14. The van der Waals surface area contributed by atoms with Crippen LogP contribution in [0.3, 0.4) is 0 Å². The van der Waals surface area contributed by atoms with E-state index in [1.165, 1.54) is 0 Å². The lowest BCUT2D eigenvalue weighted by Crippen LogP contribution is -2.18. The van der Waals surface area contributed by atoms with Gasteiger partial charge in [-0.1, -0.05) is 78.9 Å². The second-order valence-electron chi connectivity index (χ2n) is 6.93. The van der Waals surface area contributed by atoms with Gasteiger partial charge in [0.05, 0.1) is 12.3 Å². The topological polar surface area (TPSA) is 79.4 Å². The summed E-state index contributed by atoms with van der Waals surface area (Å²) in [5.74, 6) is -2.19. The van der Waals surface area contributed by atoms with E-state index in [1.807, 2.05) is 72.8 Å². The van der Waals surface area contributed by atoms with Gasteiger partial charge in [-0.15, -0.1) is 0 Å². The Bertz CT molecular complexity index is 1270. The molecule has 154 valence electrons. The van der Waals surface area contributed by atoms with E-state index >= 15 is 0 Å². The molecule has 0 saturated carbocycles. The fourth-order valence-corrected chi connectivity index (χ4v) is 3.74. The van der Waals surface area contributed by atoms with Gasteiger partial charge < -0.3 is 14.8 Å². The summed E-state index contributed by atoms with van der Waals surface area (Å²) in [7, 11) is 0. The molecule has 0 unspecified atom stereocenters. The SMILES string of the molecule is CCOC(=O)/C(C(=O)O)=C(\c1ccccc1)c1c(-c2ccccc2)[nH]c2ccccc12. The van der Waals surface area contributed by atoms with Crippen molar-refractivity contribution >= 4 is 28.4 Å². The molecule has 31 heavy (non-hydrogen) atoms. The number of aromatic amines is 1. The average molecular weight is 411 g/mol. The fourth-order valence-electron chi connectivity index (χ4n) is 3.74. The highest BCUT2D eigenvalue weighted by Crippen LogP contribution is 2.40. The smallest absolute Gasteiger partial charge is 0.346 e. The Kier molecular flexibility index (Phi) is 5.67. The van der Waals surface area contributed by atoms with Gasteiger partial charge in [0.2, 0.25) is 0 Å². The van der Waals surface area contributed by atoms with Crippen LogP contribution in [0.4, 0.5) is 0 Å². The van der Waals surface area contributed by atoms with Gasteiger partial charge in [0, 0.05) is 22.0 Å². The molecular formula is C26H21NO4. The van der Waals surface area contributed by atoms with Gasteiger partial charge in [0.25, 0.3) is 0 Å². The van der Waals surface area contributed by atoms with E-state index in [-0.39, 0.29) is 6.61 Å². The zero-order valence-electron chi connectivity index (χ0n) is 17.0. The van der Waals surface area contributed by atoms with Crippen LogP contribution in [0.25, 0.3) is 27.7 Å². The minimum absolute atomic E-state index is 0.0805. The molecule has 0 radical (unpaired) electrons. The van der Waals surface area contributed by atoms with Crippen LogP contribution in [0, 0.1) is 0 Å². The number of fused-ring (bicyclic) bond motifs is 1. The molecule has 0 aliphatic carbocycles. The number of aromatic nitrogens is 1. The second kappa shape index (κ2) is 8.71. The molecule has 0 aliphatic rings. The number of benzene rings is 3. The minimum atomic E-state index is -1.33. The third kappa shape index (κ3) is 3.85. The van der Waals surface area contributed by atoms with Gasteiger partial charge in [-0.2, -0.15) is 0 Å². The van der Waals surface area contributed by atoms with Crippen LogP contribution < -0.4 is 0 Å².